The average molecular weight is 403 g/mol. The van der Waals surface area contributed by atoms with Gasteiger partial charge in [0.15, 0.2) is 0 Å². The van der Waals surface area contributed by atoms with Gasteiger partial charge < -0.3 is 14.6 Å². The summed E-state index contributed by atoms with van der Waals surface area (Å²) in [5.74, 6) is 0.614. The molecule has 3 aliphatic rings. The van der Waals surface area contributed by atoms with Gasteiger partial charge in [0.25, 0.3) is 0 Å². The highest BCUT2D eigenvalue weighted by Gasteiger charge is 2.42. The molecule has 0 radical (unpaired) electrons. The van der Waals surface area contributed by atoms with Gasteiger partial charge in [-0.2, -0.15) is 0 Å². The number of ether oxygens (including phenoxy) is 2. The maximum absolute atomic E-state index is 12.5. The van der Waals surface area contributed by atoms with E-state index in [-0.39, 0.29) is 36.5 Å². The normalized spacial score (nSPS) is 37.4. The van der Waals surface area contributed by atoms with E-state index in [1.54, 1.807) is 13.0 Å². The molecular formula is C24H34O5. The summed E-state index contributed by atoms with van der Waals surface area (Å²) in [7, 11) is 0. The summed E-state index contributed by atoms with van der Waals surface area (Å²) >= 11 is 0. The zero-order valence-electron chi connectivity index (χ0n) is 18.0. The van der Waals surface area contributed by atoms with Crippen LogP contribution in [0, 0.1) is 23.7 Å². The van der Waals surface area contributed by atoms with Gasteiger partial charge in [0.05, 0.1) is 12.5 Å². The van der Waals surface area contributed by atoms with Crippen LogP contribution < -0.4 is 0 Å². The molecule has 29 heavy (non-hydrogen) atoms. The van der Waals surface area contributed by atoms with Crippen molar-refractivity contribution >= 4 is 11.9 Å². The van der Waals surface area contributed by atoms with E-state index >= 15 is 0 Å². The van der Waals surface area contributed by atoms with Gasteiger partial charge in [-0.25, -0.2) is 4.79 Å². The van der Waals surface area contributed by atoms with E-state index in [0.29, 0.717) is 29.7 Å². The number of carbonyl (C=O) groups excluding carboxylic acids is 2. The number of carbonyl (C=O) groups is 2. The molecule has 7 atom stereocenters. The predicted octanol–water partition coefficient (Wildman–Crippen LogP) is 4.12. The summed E-state index contributed by atoms with van der Waals surface area (Å²) in [6.07, 6.45) is 10.5. The Kier molecular flexibility index (Phi) is 6.99. The van der Waals surface area contributed by atoms with Gasteiger partial charge in [-0.3, -0.25) is 4.79 Å². The average Bonchev–Trinajstić information content (AvgIpc) is 2.65. The molecule has 0 amide bonds. The lowest BCUT2D eigenvalue weighted by Crippen LogP contribution is -2.41. The number of aliphatic hydroxyl groups is 1. The minimum atomic E-state index is -0.603. The minimum absolute atomic E-state index is 0.0921. The number of aliphatic hydroxyl groups excluding tert-OH is 1. The van der Waals surface area contributed by atoms with Crippen LogP contribution in [0.15, 0.2) is 35.5 Å². The fourth-order valence-corrected chi connectivity index (χ4v) is 4.99. The Morgan fingerprint density at radius 1 is 1.31 bits per heavy atom. The standard InChI is InChI=1S/C24H34O5/c1-5-15(3)24(27)29-21-11-14(2)10-17-7-6-16(4)20(23(17)21)9-8-19-12-18(25)13-22(26)28-19/h5-7,10,14,16,18-21,23,25H,8-9,11-13H2,1-4H3/t14-,16-,18+,19+,20-,21-,23-/m0/s1. The van der Waals surface area contributed by atoms with E-state index in [2.05, 4.69) is 32.1 Å². The molecule has 0 bridgehead atoms. The smallest absolute Gasteiger partial charge is 0.333 e. The molecular weight excluding hydrogens is 368 g/mol. The summed E-state index contributed by atoms with van der Waals surface area (Å²) in [5.41, 5.74) is 1.89. The predicted molar refractivity (Wildman–Crippen MR) is 111 cm³/mol. The van der Waals surface area contributed by atoms with Crippen LogP contribution in [0.4, 0.5) is 0 Å². The number of fused-ring (bicyclic) bond motifs is 1. The van der Waals surface area contributed by atoms with Gasteiger partial charge in [0.2, 0.25) is 0 Å². The van der Waals surface area contributed by atoms with Crippen molar-refractivity contribution in [3.05, 3.63) is 35.5 Å². The number of cyclic esters (lactones) is 1. The molecule has 3 rings (SSSR count). The Morgan fingerprint density at radius 3 is 2.76 bits per heavy atom. The summed E-state index contributed by atoms with van der Waals surface area (Å²) < 4.78 is 11.4. The molecule has 5 nitrogen and oxygen atoms in total. The molecule has 0 aromatic rings. The van der Waals surface area contributed by atoms with E-state index in [4.69, 9.17) is 9.47 Å². The second-order valence-corrected chi connectivity index (χ2v) is 8.99. The lowest BCUT2D eigenvalue weighted by Gasteiger charge is -2.43. The van der Waals surface area contributed by atoms with Gasteiger partial charge in [0, 0.05) is 17.9 Å². The molecule has 0 aromatic carbocycles. The molecule has 1 saturated heterocycles. The van der Waals surface area contributed by atoms with Crippen molar-refractivity contribution in [1.82, 2.24) is 0 Å². The van der Waals surface area contributed by atoms with Crippen molar-refractivity contribution in [1.29, 1.82) is 0 Å². The molecule has 0 unspecified atom stereocenters. The first-order chi connectivity index (χ1) is 13.8. The number of esters is 2. The van der Waals surface area contributed by atoms with Gasteiger partial charge in [-0.1, -0.05) is 38.2 Å². The highest BCUT2D eigenvalue weighted by molar-refractivity contribution is 5.87. The van der Waals surface area contributed by atoms with Gasteiger partial charge >= 0.3 is 11.9 Å². The zero-order valence-corrected chi connectivity index (χ0v) is 18.0. The molecule has 1 fully saturated rings. The van der Waals surface area contributed by atoms with E-state index in [0.717, 1.165) is 19.3 Å². The van der Waals surface area contributed by atoms with Gasteiger partial charge in [0.1, 0.15) is 12.2 Å². The molecule has 1 N–H and O–H groups in total. The molecule has 1 heterocycles. The summed E-state index contributed by atoms with van der Waals surface area (Å²) in [6.45, 7) is 8.00. The first-order valence-corrected chi connectivity index (χ1v) is 10.9. The summed E-state index contributed by atoms with van der Waals surface area (Å²) in [6, 6.07) is 0. The largest absolute Gasteiger partial charge is 0.462 e. The molecule has 160 valence electrons. The number of hydrogen-bond donors (Lipinski definition) is 1. The van der Waals surface area contributed by atoms with Crippen LogP contribution in [0.2, 0.25) is 0 Å². The SMILES string of the molecule is CC=C(C)C(=O)O[C@H]1C[C@@H](C)C=C2C=C[C@H](C)[C@H](CC[C@@H]3C[C@@H](O)CC(=O)O3)[C@H]21. The fourth-order valence-electron chi connectivity index (χ4n) is 4.99. The number of rotatable bonds is 5. The number of allylic oxidation sites excluding steroid dienone is 4. The first-order valence-electron chi connectivity index (χ1n) is 10.9. The molecule has 5 heteroatoms. The highest BCUT2D eigenvalue weighted by Crippen LogP contribution is 2.45. The van der Waals surface area contributed by atoms with Crippen LogP contribution in [0.1, 0.15) is 59.8 Å². The van der Waals surface area contributed by atoms with E-state index in [1.165, 1.54) is 5.57 Å². The van der Waals surface area contributed by atoms with Crippen LogP contribution in [-0.4, -0.2) is 35.4 Å². The monoisotopic (exact) mass is 402 g/mol. The van der Waals surface area contributed by atoms with Gasteiger partial charge in [-0.05, 0) is 56.4 Å². The Morgan fingerprint density at radius 2 is 2.07 bits per heavy atom. The van der Waals surface area contributed by atoms with E-state index in [1.807, 2.05) is 6.92 Å². The van der Waals surface area contributed by atoms with Crippen molar-refractivity contribution in [3.63, 3.8) is 0 Å². The topological polar surface area (TPSA) is 72.8 Å². The first kappa shape index (κ1) is 21.8. The Hall–Kier alpha value is -1.88. The highest BCUT2D eigenvalue weighted by atomic mass is 16.5. The van der Waals surface area contributed by atoms with Crippen molar-refractivity contribution in [3.8, 4) is 0 Å². The fraction of sp³-hybridized carbons (Fsp3) is 0.667. The van der Waals surface area contributed by atoms with Crippen LogP contribution >= 0.6 is 0 Å². The molecule has 0 aromatic heterocycles. The summed E-state index contributed by atoms with van der Waals surface area (Å²) in [4.78, 5) is 24.1. The Bertz CT molecular complexity index is 719. The molecule has 1 aliphatic heterocycles. The minimum Gasteiger partial charge on any atom is -0.462 e. The lowest BCUT2D eigenvalue weighted by atomic mass is 9.65. The van der Waals surface area contributed by atoms with Crippen molar-refractivity contribution in [2.24, 2.45) is 23.7 Å². The van der Waals surface area contributed by atoms with Crippen LogP contribution in [0.5, 0.6) is 0 Å². The van der Waals surface area contributed by atoms with Crippen molar-refractivity contribution in [2.45, 2.75) is 78.1 Å². The van der Waals surface area contributed by atoms with Gasteiger partial charge in [-0.15, -0.1) is 0 Å². The van der Waals surface area contributed by atoms with Crippen molar-refractivity contribution in [2.75, 3.05) is 0 Å². The third-order valence-corrected chi connectivity index (χ3v) is 6.67. The van der Waals surface area contributed by atoms with Crippen LogP contribution in [0.25, 0.3) is 0 Å². The van der Waals surface area contributed by atoms with Crippen molar-refractivity contribution < 1.29 is 24.2 Å². The third kappa shape index (κ3) is 5.19. The third-order valence-electron chi connectivity index (χ3n) is 6.67. The molecule has 2 aliphatic carbocycles. The Labute approximate surface area is 173 Å². The second-order valence-electron chi connectivity index (χ2n) is 8.99. The molecule has 0 spiro atoms. The Balaban J connectivity index is 1.76. The molecule has 0 saturated carbocycles. The zero-order chi connectivity index (χ0) is 21.1. The lowest BCUT2D eigenvalue weighted by molar-refractivity contribution is -0.161. The summed E-state index contributed by atoms with van der Waals surface area (Å²) in [5, 5.41) is 9.89. The van der Waals surface area contributed by atoms with Crippen LogP contribution in [0.3, 0.4) is 0 Å². The number of hydrogen-bond acceptors (Lipinski definition) is 5. The van der Waals surface area contributed by atoms with Crippen LogP contribution in [-0.2, 0) is 19.1 Å². The van der Waals surface area contributed by atoms with E-state index < -0.39 is 6.10 Å². The van der Waals surface area contributed by atoms with E-state index in [9.17, 15) is 14.7 Å². The maximum atomic E-state index is 12.5. The maximum Gasteiger partial charge on any atom is 0.333 e. The second kappa shape index (κ2) is 9.29. The quantitative estimate of drug-likeness (QED) is 0.553.